The van der Waals surface area contributed by atoms with E-state index in [0.717, 1.165) is 60.7 Å². The average molecular weight is 391 g/mol. The number of hydrogen-bond donors (Lipinski definition) is 1. The van der Waals surface area contributed by atoms with Crippen LogP contribution in [0.4, 0.5) is 0 Å². The van der Waals surface area contributed by atoms with Gasteiger partial charge in [0.05, 0.1) is 6.54 Å². The van der Waals surface area contributed by atoms with E-state index in [1.54, 1.807) is 0 Å². The molecule has 0 radical (unpaired) electrons. The molecule has 2 aliphatic rings. The second-order valence-electron chi connectivity index (χ2n) is 7.70. The zero-order valence-electron chi connectivity index (χ0n) is 16.4. The van der Waals surface area contributed by atoms with Gasteiger partial charge in [-0.05, 0) is 23.8 Å². The van der Waals surface area contributed by atoms with Gasteiger partial charge in [-0.1, -0.05) is 24.3 Å². The molecule has 29 heavy (non-hydrogen) atoms. The molecule has 0 spiro atoms. The summed E-state index contributed by atoms with van der Waals surface area (Å²) in [6.45, 7) is 6.30. The lowest BCUT2D eigenvalue weighted by atomic mass is 10.1. The lowest BCUT2D eigenvalue weighted by Gasteiger charge is -2.34. The number of hydrogen-bond acceptors (Lipinski definition) is 5. The van der Waals surface area contributed by atoms with Crippen molar-refractivity contribution >= 4 is 16.7 Å². The lowest BCUT2D eigenvalue weighted by molar-refractivity contribution is 0.0845. The fourth-order valence-electron chi connectivity index (χ4n) is 4.14. The van der Waals surface area contributed by atoms with E-state index in [1.807, 2.05) is 36.5 Å². The van der Waals surface area contributed by atoms with Crippen molar-refractivity contribution < 1.29 is 14.3 Å². The molecule has 6 nitrogen and oxygen atoms in total. The highest BCUT2D eigenvalue weighted by Crippen LogP contribution is 2.31. The molecule has 0 atom stereocenters. The topological polar surface area (TPSA) is 57.8 Å². The summed E-state index contributed by atoms with van der Waals surface area (Å²) in [6.07, 6.45) is 1.84. The van der Waals surface area contributed by atoms with E-state index < -0.39 is 0 Å². The lowest BCUT2D eigenvalue weighted by Crippen LogP contribution is -2.47. The summed E-state index contributed by atoms with van der Waals surface area (Å²) >= 11 is 0. The summed E-state index contributed by atoms with van der Waals surface area (Å²) in [7, 11) is 0. The fourth-order valence-corrected chi connectivity index (χ4v) is 4.14. The molecule has 3 heterocycles. The highest BCUT2D eigenvalue weighted by atomic mass is 16.6. The van der Waals surface area contributed by atoms with Gasteiger partial charge in [0.1, 0.15) is 13.2 Å². The van der Waals surface area contributed by atoms with Crippen molar-refractivity contribution in [2.45, 2.75) is 6.54 Å². The summed E-state index contributed by atoms with van der Waals surface area (Å²) < 4.78 is 11.3. The van der Waals surface area contributed by atoms with Crippen molar-refractivity contribution in [3.63, 3.8) is 0 Å². The van der Waals surface area contributed by atoms with Crippen molar-refractivity contribution in [2.75, 3.05) is 45.9 Å². The van der Waals surface area contributed by atoms with Gasteiger partial charge < -0.3 is 14.5 Å². The van der Waals surface area contributed by atoms with Crippen LogP contribution in [0.2, 0.25) is 0 Å². The Kier molecular flexibility index (Phi) is 4.96. The number of para-hydroxylation sites is 1. The average Bonchev–Trinajstić information content (AvgIpc) is 3.19. The van der Waals surface area contributed by atoms with Crippen molar-refractivity contribution in [1.29, 1.82) is 0 Å². The second kappa shape index (κ2) is 7.89. The second-order valence-corrected chi connectivity index (χ2v) is 7.70. The monoisotopic (exact) mass is 391 g/mol. The number of H-pyrrole nitrogens is 1. The Morgan fingerprint density at radius 3 is 2.55 bits per heavy atom. The van der Waals surface area contributed by atoms with Gasteiger partial charge in [0, 0.05) is 55.4 Å². The van der Waals surface area contributed by atoms with E-state index in [1.165, 1.54) is 5.56 Å². The number of nitrogens with one attached hydrogen (secondary N) is 1. The maximum Gasteiger partial charge on any atom is 0.178 e. The smallest absolute Gasteiger partial charge is 0.178 e. The molecule has 2 aliphatic heterocycles. The number of ether oxygens (including phenoxy) is 2. The number of Topliss-reactive ketones (excluding diaryl/α,β-unsaturated/α-hetero) is 1. The largest absolute Gasteiger partial charge is 0.486 e. The minimum Gasteiger partial charge on any atom is -0.486 e. The summed E-state index contributed by atoms with van der Waals surface area (Å²) in [5.41, 5.74) is 3.04. The molecule has 0 unspecified atom stereocenters. The Balaban J connectivity index is 1.16. The number of aromatic amines is 1. The third-order valence-electron chi connectivity index (χ3n) is 5.73. The number of nitrogens with zero attached hydrogens (tertiary/aromatic N) is 2. The van der Waals surface area contributed by atoms with E-state index in [2.05, 4.69) is 26.9 Å². The standard InChI is InChI=1S/C23H25N3O3/c27-21(19-14-24-20-4-2-1-3-18(19)20)16-26-9-7-25(8-10-26)15-17-5-6-22-23(13-17)29-12-11-28-22/h1-6,13-14,24H,7-12,15-16H2. The van der Waals surface area contributed by atoms with Crippen LogP contribution in [0.3, 0.4) is 0 Å². The Labute approximate surface area is 170 Å². The van der Waals surface area contributed by atoms with Gasteiger partial charge >= 0.3 is 0 Å². The molecule has 0 amide bonds. The molecular formula is C23H25N3O3. The van der Waals surface area contributed by atoms with Crippen molar-refractivity contribution in [1.82, 2.24) is 14.8 Å². The number of piperazine rings is 1. The number of carbonyl (C=O) groups excluding carboxylic acids is 1. The molecule has 0 saturated carbocycles. The maximum atomic E-state index is 12.8. The molecular weight excluding hydrogens is 366 g/mol. The molecule has 0 bridgehead atoms. The number of benzene rings is 2. The van der Waals surface area contributed by atoms with Crippen LogP contribution < -0.4 is 9.47 Å². The summed E-state index contributed by atoms with van der Waals surface area (Å²) in [5.74, 6) is 1.86. The van der Waals surface area contributed by atoms with Crippen molar-refractivity contribution in [3.05, 3.63) is 59.8 Å². The fraction of sp³-hybridized carbons (Fsp3) is 0.348. The third kappa shape index (κ3) is 3.86. The van der Waals surface area contributed by atoms with Gasteiger partial charge in [-0.2, -0.15) is 0 Å². The van der Waals surface area contributed by atoms with Crippen LogP contribution in [-0.4, -0.2) is 66.5 Å². The van der Waals surface area contributed by atoms with Crippen LogP contribution in [0.1, 0.15) is 15.9 Å². The van der Waals surface area contributed by atoms with Gasteiger partial charge in [0.15, 0.2) is 17.3 Å². The van der Waals surface area contributed by atoms with Crippen LogP contribution >= 0.6 is 0 Å². The first kappa shape index (κ1) is 18.2. The molecule has 0 aliphatic carbocycles. The number of fused-ring (bicyclic) bond motifs is 2. The molecule has 1 fully saturated rings. The maximum absolute atomic E-state index is 12.8. The van der Waals surface area contributed by atoms with Crippen molar-refractivity contribution in [2.24, 2.45) is 0 Å². The first-order chi connectivity index (χ1) is 14.3. The molecule has 6 heteroatoms. The Hall–Kier alpha value is -2.83. The zero-order chi connectivity index (χ0) is 19.6. The van der Waals surface area contributed by atoms with E-state index in [0.29, 0.717) is 19.8 Å². The third-order valence-corrected chi connectivity index (χ3v) is 5.73. The molecule has 1 N–H and O–H groups in total. The normalized spacial score (nSPS) is 17.5. The minimum absolute atomic E-state index is 0.183. The molecule has 3 aromatic rings. The minimum atomic E-state index is 0.183. The molecule has 5 rings (SSSR count). The van der Waals surface area contributed by atoms with Gasteiger partial charge in [-0.3, -0.25) is 14.6 Å². The van der Waals surface area contributed by atoms with Gasteiger partial charge in [-0.15, -0.1) is 0 Å². The van der Waals surface area contributed by atoms with Gasteiger partial charge in [0.25, 0.3) is 0 Å². The Bertz CT molecular complexity index is 1020. The van der Waals surface area contributed by atoms with E-state index in [-0.39, 0.29) is 5.78 Å². The molecule has 2 aromatic carbocycles. The SMILES string of the molecule is O=C(CN1CCN(Cc2ccc3c(c2)OCCO3)CC1)c1c[nH]c2ccccc12. The van der Waals surface area contributed by atoms with Gasteiger partial charge in [0.2, 0.25) is 0 Å². The van der Waals surface area contributed by atoms with E-state index in [4.69, 9.17) is 9.47 Å². The summed E-state index contributed by atoms with van der Waals surface area (Å²) in [6, 6.07) is 14.2. The van der Waals surface area contributed by atoms with Crippen LogP contribution in [-0.2, 0) is 6.54 Å². The number of rotatable bonds is 5. The predicted molar refractivity (Wildman–Crippen MR) is 112 cm³/mol. The van der Waals surface area contributed by atoms with Crippen LogP contribution in [0, 0.1) is 0 Å². The molecule has 1 saturated heterocycles. The molecule has 1 aromatic heterocycles. The van der Waals surface area contributed by atoms with Crippen LogP contribution in [0.15, 0.2) is 48.7 Å². The first-order valence-electron chi connectivity index (χ1n) is 10.2. The number of ketones is 1. The predicted octanol–water partition coefficient (Wildman–Crippen LogP) is 2.94. The summed E-state index contributed by atoms with van der Waals surface area (Å²) in [4.78, 5) is 20.7. The highest BCUT2D eigenvalue weighted by molar-refractivity contribution is 6.08. The zero-order valence-corrected chi connectivity index (χ0v) is 16.4. The number of carbonyl (C=O) groups is 1. The van der Waals surface area contributed by atoms with Crippen molar-refractivity contribution in [3.8, 4) is 11.5 Å². The van der Waals surface area contributed by atoms with Gasteiger partial charge in [-0.25, -0.2) is 0 Å². The molecule has 150 valence electrons. The quantitative estimate of drug-likeness (QED) is 0.678. The first-order valence-corrected chi connectivity index (χ1v) is 10.2. The van der Waals surface area contributed by atoms with Crippen LogP contribution in [0.25, 0.3) is 10.9 Å². The van der Waals surface area contributed by atoms with Crippen LogP contribution in [0.5, 0.6) is 11.5 Å². The highest BCUT2D eigenvalue weighted by Gasteiger charge is 2.21. The van der Waals surface area contributed by atoms with E-state index in [9.17, 15) is 4.79 Å². The Morgan fingerprint density at radius 2 is 1.69 bits per heavy atom. The Morgan fingerprint density at radius 1 is 0.931 bits per heavy atom. The van der Waals surface area contributed by atoms with E-state index >= 15 is 0 Å². The summed E-state index contributed by atoms with van der Waals surface area (Å²) in [5, 5.41) is 1.01. The number of aromatic nitrogens is 1.